The summed E-state index contributed by atoms with van der Waals surface area (Å²) in [7, 11) is 0. The van der Waals surface area contributed by atoms with Crippen LogP contribution in [0.3, 0.4) is 0 Å². The first-order valence-electron chi connectivity index (χ1n) is 10.5. The molecule has 1 aromatic heterocycles. The Morgan fingerprint density at radius 3 is 1.71 bits per heavy atom. The second-order valence-corrected chi connectivity index (χ2v) is 7.55. The highest BCUT2D eigenvalue weighted by Crippen LogP contribution is 2.34. The van der Waals surface area contributed by atoms with E-state index in [1.165, 1.54) is 12.2 Å². The second-order valence-electron chi connectivity index (χ2n) is 7.55. The van der Waals surface area contributed by atoms with Crippen LogP contribution in [-0.4, -0.2) is 32.1 Å². The molecule has 4 aromatic rings. The summed E-state index contributed by atoms with van der Waals surface area (Å²) in [4.78, 5) is 33.2. The van der Waals surface area contributed by atoms with Crippen molar-refractivity contribution in [3.63, 3.8) is 0 Å². The zero-order valence-corrected chi connectivity index (χ0v) is 18.3. The summed E-state index contributed by atoms with van der Waals surface area (Å²) < 4.78 is 0. The fraction of sp³-hybridized carbons (Fsp3) is 0. The molecule has 35 heavy (non-hydrogen) atoms. The minimum absolute atomic E-state index is 0.538. The summed E-state index contributed by atoms with van der Waals surface area (Å²) in [6.07, 6.45) is 5.21. The van der Waals surface area contributed by atoms with Crippen molar-refractivity contribution in [2.75, 3.05) is 0 Å². The van der Waals surface area contributed by atoms with Gasteiger partial charge in [0.15, 0.2) is 5.69 Å². The van der Waals surface area contributed by atoms with Crippen LogP contribution < -0.4 is 0 Å². The molecule has 3 N–H and O–H groups in total. The van der Waals surface area contributed by atoms with Crippen molar-refractivity contribution in [2.45, 2.75) is 0 Å². The maximum Gasteiger partial charge on any atom is 0.328 e. The van der Waals surface area contributed by atoms with Gasteiger partial charge in [-0.15, -0.1) is 0 Å². The predicted molar refractivity (Wildman–Crippen MR) is 134 cm³/mol. The molecule has 0 atom stereocenters. The van der Waals surface area contributed by atoms with E-state index in [2.05, 4.69) is 9.83 Å². The summed E-state index contributed by atoms with van der Waals surface area (Å²) in [5, 5.41) is 17.7. The van der Waals surface area contributed by atoms with Crippen LogP contribution in [0.15, 0.2) is 84.9 Å². The number of carbonyl (C=O) groups is 2. The molecular formula is C28H19N3O4. The number of nitrogens with one attached hydrogen (secondary N) is 1. The number of hydrogen-bond acceptors (Lipinski definition) is 3. The number of aliphatic carboxylic acids is 2. The summed E-state index contributed by atoms with van der Waals surface area (Å²) in [6, 6.07) is 21.9. The molecule has 170 valence electrons. The number of rotatable bonds is 7. The van der Waals surface area contributed by atoms with Crippen LogP contribution in [0, 0.1) is 6.57 Å². The van der Waals surface area contributed by atoms with Crippen LogP contribution in [0.1, 0.15) is 11.1 Å². The van der Waals surface area contributed by atoms with E-state index in [9.17, 15) is 9.59 Å². The third kappa shape index (κ3) is 5.59. The number of H-pyrrole nitrogens is 1. The standard InChI is InChI=1S/C28H19N3O4/c1-29-23-14-12-22(13-15-23)28-30-26(20-8-2-18(3-9-20)6-16-24(32)33)27(31-28)21-10-4-19(5-11-21)7-17-25(34)35/h2-17H,(H,30,31)(H,32,33)(H,34,35)/b16-6+,17-7+. The van der Waals surface area contributed by atoms with Crippen molar-refractivity contribution in [1.29, 1.82) is 0 Å². The number of nitrogens with zero attached hydrogens (tertiary/aromatic N) is 2. The van der Waals surface area contributed by atoms with Gasteiger partial charge in [-0.3, -0.25) is 0 Å². The minimum Gasteiger partial charge on any atom is -0.478 e. The number of imidazole rings is 1. The highest BCUT2D eigenvalue weighted by molar-refractivity contribution is 5.87. The second kappa shape index (κ2) is 10.1. The third-order valence-corrected chi connectivity index (χ3v) is 5.19. The Labute approximate surface area is 201 Å². The Morgan fingerprint density at radius 2 is 1.23 bits per heavy atom. The summed E-state index contributed by atoms with van der Waals surface area (Å²) >= 11 is 0. The molecule has 0 unspecified atom stereocenters. The molecule has 1 heterocycles. The molecule has 0 radical (unpaired) electrons. The molecule has 0 aliphatic carbocycles. The maximum atomic E-state index is 10.8. The molecule has 0 saturated heterocycles. The lowest BCUT2D eigenvalue weighted by Gasteiger charge is -2.05. The molecule has 0 aliphatic heterocycles. The maximum absolute atomic E-state index is 10.8. The Morgan fingerprint density at radius 1 is 0.743 bits per heavy atom. The first-order valence-corrected chi connectivity index (χ1v) is 10.5. The lowest BCUT2D eigenvalue weighted by Crippen LogP contribution is -1.87. The SMILES string of the molecule is [C-]#[N+]c1ccc(-c2nc(-c3ccc(/C=C/C(=O)O)cc3)c(-c3ccc(/C=C/C(=O)O)cc3)[nH]2)cc1. The molecular weight excluding hydrogens is 442 g/mol. The first-order chi connectivity index (χ1) is 16.9. The average molecular weight is 461 g/mol. The fourth-order valence-electron chi connectivity index (χ4n) is 3.47. The van der Waals surface area contributed by atoms with E-state index >= 15 is 0 Å². The lowest BCUT2D eigenvalue weighted by atomic mass is 10.0. The zero-order valence-electron chi connectivity index (χ0n) is 18.3. The topological polar surface area (TPSA) is 108 Å². The van der Waals surface area contributed by atoms with Gasteiger partial charge < -0.3 is 15.2 Å². The van der Waals surface area contributed by atoms with Gasteiger partial charge in [0.1, 0.15) is 5.82 Å². The van der Waals surface area contributed by atoms with Crippen LogP contribution in [-0.2, 0) is 9.59 Å². The van der Waals surface area contributed by atoms with Crippen molar-refractivity contribution in [3.05, 3.63) is 107 Å². The van der Waals surface area contributed by atoms with E-state index in [4.69, 9.17) is 21.8 Å². The Balaban J connectivity index is 1.76. The van der Waals surface area contributed by atoms with Crippen molar-refractivity contribution in [2.24, 2.45) is 0 Å². The van der Waals surface area contributed by atoms with E-state index in [1.807, 2.05) is 60.7 Å². The van der Waals surface area contributed by atoms with Crippen LogP contribution in [0.25, 0.3) is 50.9 Å². The Kier molecular flexibility index (Phi) is 6.66. The van der Waals surface area contributed by atoms with Gasteiger partial charge in [-0.25, -0.2) is 19.4 Å². The van der Waals surface area contributed by atoms with E-state index in [0.717, 1.165) is 45.7 Å². The molecule has 4 rings (SSSR count). The molecule has 0 bridgehead atoms. The summed E-state index contributed by atoms with van der Waals surface area (Å²) in [6.45, 7) is 7.15. The van der Waals surface area contributed by atoms with Gasteiger partial charge in [0, 0.05) is 28.8 Å². The number of hydrogen-bond donors (Lipinski definition) is 3. The smallest absolute Gasteiger partial charge is 0.328 e. The minimum atomic E-state index is -1.01. The van der Waals surface area contributed by atoms with Gasteiger partial charge in [0.2, 0.25) is 0 Å². The van der Waals surface area contributed by atoms with Crippen LogP contribution >= 0.6 is 0 Å². The lowest BCUT2D eigenvalue weighted by molar-refractivity contribution is -0.132. The zero-order chi connectivity index (χ0) is 24.8. The van der Waals surface area contributed by atoms with E-state index < -0.39 is 11.9 Å². The summed E-state index contributed by atoms with van der Waals surface area (Å²) in [5.41, 5.74) is 6.04. The van der Waals surface area contributed by atoms with E-state index in [1.54, 1.807) is 12.1 Å². The van der Waals surface area contributed by atoms with Crippen molar-refractivity contribution in [3.8, 4) is 33.9 Å². The molecule has 0 aliphatic rings. The fourth-order valence-corrected chi connectivity index (χ4v) is 3.47. The van der Waals surface area contributed by atoms with Gasteiger partial charge in [-0.1, -0.05) is 72.8 Å². The van der Waals surface area contributed by atoms with E-state index in [-0.39, 0.29) is 0 Å². The molecule has 0 spiro atoms. The number of carboxylic acids is 2. The van der Waals surface area contributed by atoms with Crippen molar-refractivity contribution < 1.29 is 19.8 Å². The van der Waals surface area contributed by atoms with Crippen molar-refractivity contribution >= 4 is 29.8 Å². The average Bonchev–Trinajstić information content (AvgIpc) is 3.32. The molecule has 0 amide bonds. The van der Waals surface area contributed by atoms with Gasteiger partial charge in [-0.2, -0.15) is 0 Å². The van der Waals surface area contributed by atoms with Gasteiger partial charge in [0.25, 0.3) is 0 Å². The van der Waals surface area contributed by atoms with Crippen LogP contribution in [0.4, 0.5) is 5.69 Å². The number of carboxylic acid groups (broad SMARTS) is 2. The first kappa shape index (κ1) is 23.0. The number of aromatic amines is 1. The van der Waals surface area contributed by atoms with E-state index in [0.29, 0.717) is 17.2 Å². The van der Waals surface area contributed by atoms with Gasteiger partial charge in [-0.05, 0) is 23.3 Å². The Bertz CT molecular complexity index is 1390. The molecule has 7 heteroatoms. The molecule has 0 fully saturated rings. The molecule has 3 aromatic carbocycles. The quantitative estimate of drug-likeness (QED) is 0.226. The molecule has 7 nitrogen and oxygen atoms in total. The van der Waals surface area contributed by atoms with Gasteiger partial charge in [0.05, 0.1) is 18.0 Å². The van der Waals surface area contributed by atoms with Crippen LogP contribution in [0.5, 0.6) is 0 Å². The summed E-state index contributed by atoms with van der Waals surface area (Å²) in [5.74, 6) is -1.39. The number of benzene rings is 3. The largest absolute Gasteiger partial charge is 0.478 e. The highest BCUT2D eigenvalue weighted by atomic mass is 16.4. The third-order valence-electron chi connectivity index (χ3n) is 5.19. The normalized spacial score (nSPS) is 11.1. The van der Waals surface area contributed by atoms with Gasteiger partial charge >= 0.3 is 11.9 Å². The number of aromatic nitrogens is 2. The predicted octanol–water partition coefficient (Wildman–Crippen LogP) is 6.16. The van der Waals surface area contributed by atoms with Crippen LogP contribution in [0.2, 0.25) is 0 Å². The monoisotopic (exact) mass is 461 g/mol. The van der Waals surface area contributed by atoms with Crippen molar-refractivity contribution in [1.82, 2.24) is 9.97 Å². The molecule has 0 saturated carbocycles. The highest BCUT2D eigenvalue weighted by Gasteiger charge is 2.15. The Hall–Kier alpha value is -5.22.